The minimum atomic E-state index is -1.61. The second-order valence-corrected chi connectivity index (χ2v) is 17.3. The fraction of sp³-hybridized carbons (Fsp3) is 0.391. The van der Waals surface area contributed by atoms with E-state index in [4.69, 9.17) is 23.8 Å². The molecular formula is C46H54N11O9P. The van der Waals surface area contributed by atoms with Crippen molar-refractivity contribution in [3.05, 3.63) is 121 Å². The minimum Gasteiger partial charge on any atom is -0.494 e. The minimum absolute atomic E-state index is 0.0605. The van der Waals surface area contributed by atoms with Crippen LogP contribution in [0.15, 0.2) is 103 Å². The number of azo groups is 2. The number of H-pyrrole nitrogens is 1. The van der Waals surface area contributed by atoms with E-state index in [-0.39, 0.29) is 66.6 Å². The van der Waals surface area contributed by atoms with Gasteiger partial charge in [0.15, 0.2) is 11.9 Å². The van der Waals surface area contributed by atoms with Crippen LogP contribution in [0.25, 0.3) is 0 Å². The molecule has 21 heteroatoms. The van der Waals surface area contributed by atoms with Gasteiger partial charge in [-0.3, -0.25) is 34.6 Å². The van der Waals surface area contributed by atoms with Gasteiger partial charge in [-0.2, -0.15) is 10.4 Å². The predicted octanol–water partition coefficient (Wildman–Crippen LogP) is 9.34. The first kappa shape index (κ1) is 50.9. The van der Waals surface area contributed by atoms with Crippen LogP contribution in [-0.2, 0) is 18.6 Å². The molecular weight excluding hydrogens is 882 g/mol. The normalized spacial score (nSPS) is 15.2. The number of aromatic amines is 1. The van der Waals surface area contributed by atoms with E-state index in [0.29, 0.717) is 41.3 Å². The van der Waals surface area contributed by atoms with Crippen molar-refractivity contribution in [2.45, 2.75) is 91.6 Å². The molecule has 5 rings (SSSR count). The molecule has 1 aliphatic rings. The number of carbonyl (C=O) groups excluding carboxylic acids is 1. The maximum atomic E-state index is 12.9. The number of hydrogen-bond acceptors (Lipinski definition) is 16. The van der Waals surface area contributed by atoms with Crippen molar-refractivity contribution in [3.63, 3.8) is 0 Å². The molecule has 0 saturated carbocycles. The van der Waals surface area contributed by atoms with E-state index < -0.39 is 37.0 Å². The Bertz CT molecular complexity index is 2710. The summed E-state index contributed by atoms with van der Waals surface area (Å²) in [7, 11) is 1.78. The van der Waals surface area contributed by atoms with Crippen molar-refractivity contribution in [3.8, 4) is 23.8 Å². The number of ether oxygens (including phenoxy) is 2. The number of amides is 1. The van der Waals surface area contributed by atoms with Gasteiger partial charge in [0.2, 0.25) is 5.91 Å². The lowest BCUT2D eigenvalue weighted by Gasteiger charge is -2.36. The number of nitro groups is 1. The maximum Gasteiger partial charge on any atom is 0.331 e. The summed E-state index contributed by atoms with van der Waals surface area (Å²) in [5.41, 5.74) is 2.33. The Labute approximate surface area is 389 Å². The smallest absolute Gasteiger partial charge is 0.331 e. The van der Waals surface area contributed by atoms with Crippen molar-refractivity contribution in [2.24, 2.45) is 20.5 Å². The molecule has 4 aromatic rings. The molecule has 3 atom stereocenters. The number of nitrogens with zero attached hydrogens (tertiary/aromatic N) is 9. The van der Waals surface area contributed by atoms with E-state index in [1.54, 1.807) is 43.3 Å². The molecule has 2 N–H and O–H groups in total. The summed E-state index contributed by atoms with van der Waals surface area (Å²) in [5.74, 6) is 2.96. The predicted molar refractivity (Wildman–Crippen MR) is 253 cm³/mol. The Balaban J connectivity index is 1.13. The first-order valence-electron chi connectivity index (χ1n) is 21.3. The molecule has 0 spiro atoms. The van der Waals surface area contributed by atoms with Crippen LogP contribution in [0.4, 0.5) is 34.1 Å². The molecule has 67 heavy (non-hydrogen) atoms. The number of anilines is 1. The zero-order valence-corrected chi connectivity index (χ0v) is 39.6. The van der Waals surface area contributed by atoms with Gasteiger partial charge < -0.3 is 23.4 Å². The van der Waals surface area contributed by atoms with Gasteiger partial charge in [0, 0.05) is 68.6 Å². The molecule has 3 aromatic carbocycles. The van der Waals surface area contributed by atoms with Crippen LogP contribution >= 0.6 is 8.53 Å². The molecule has 20 nitrogen and oxygen atoms in total. The molecule has 0 aliphatic carbocycles. The van der Waals surface area contributed by atoms with Crippen molar-refractivity contribution in [2.75, 3.05) is 32.2 Å². The van der Waals surface area contributed by atoms with Gasteiger partial charge in [0.05, 0.1) is 42.5 Å². The maximum absolute atomic E-state index is 12.9. The van der Waals surface area contributed by atoms with E-state index in [1.807, 2.05) is 58.7 Å². The van der Waals surface area contributed by atoms with Gasteiger partial charge in [0.25, 0.3) is 19.8 Å². The summed E-state index contributed by atoms with van der Waals surface area (Å²) in [6.45, 7) is 16.4. The second kappa shape index (κ2) is 23.9. The summed E-state index contributed by atoms with van der Waals surface area (Å²) < 4.78 is 27.1. The van der Waals surface area contributed by atoms with Crippen LogP contribution in [0.3, 0.4) is 0 Å². The molecule has 1 amide bonds. The number of rotatable bonds is 20. The Morgan fingerprint density at radius 2 is 1.76 bits per heavy atom. The van der Waals surface area contributed by atoms with Crippen LogP contribution in [0.2, 0.25) is 0 Å². The molecule has 0 bridgehead atoms. The number of benzene rings is 3. The monoisotopic (exact) mass is 935 g/mol. The highest BCUT2D eigenvalue weighted by atomic mass is 31.2. The van der Waals surface area contributed by atoms with Crippen LogP contribution in [0.1, 0.15) is 76.3 Å². The number of methoxy groups -OCH3 is 1. The second-order valence-electron chi connectivity index (χ2n) is 15.9. The zero-order valence-electron chi connectivity index (χ0n) is 38.7. The number of nitriles is 1. The van der Waals surface area contributed by atoms with Crippen LogP contribution < -0.4 is 26.2 Å². The third-order valence-electron chi connectivity index (χ3n) is 10.2. The summed E-state index contributed by atoms with van der Waals surface area (Å²) in [5, 5.41) is 40.2. The largest absolute Gasteiger partial charge is 0.494 e. The van der Waals surface area contributed by atoms with Gasteiger partial charge in [-0.25, -0.2) is 9.46 Å². The first-order valence-corrected chi connectivity index (χ1v) is 22.5. The van der Waals surface area contributed by atoms with E-state index >= 15 is 0 Å². The summed E-state index contributed by atoms with van der Waals surface area (Å²) in [6, 6.07) is 20.2. The molecule has 1 saturated heterocycles. The fourth-order valence-corrected chi connectivity index (χ4v) is 8.51. The molecule has 3 unspecified atom stereocenters. The van der Waals surface area contributed by atoms with Crippen molar-refractivity contribution >= 4 is 48.6 Å². The lowest BCUT2D eigenvalue weighted by Crippen LogP contribution is -2.35. The average molecular weight is 936 g/mol. The number of nitro benzene ring substituents is 1. The average Bonchev–Trinajstić information content (AvgIpc) is 3.64. The number of aromatic nitrogens is 2. The summed E-state index contributed by atoms with van der Waals surface area (Å²) >= 11 is 0. The van der Waals surface area contributed by atoms with E-state index in [9.17, 15) is 24.5 Å². The fourth-order valence-electron chi connectivity index (χ4n) is 6.78. The highest BCUT2D eigenvalue weighted by Crippen LogP contribution is 2.50. The highest BCUT2D eigenvalue weighted by Gasteiger charge is 2.38. The number of nitrogens with one attached hydrogen (secondary N) is 2. The third-order valence-corrected chi connectivity index (χ3v) is 12.3. The standard InChI is InChI=1S/C46H54N11O9P/c1-29(2)56(30(3)4)67(64-23-11-20-47)66-41-27-44(65-33(41)7)55-28-34(45(59)49-46(55)60)19-21-48-43(58)12-10-22-54(8)36-16-14-35(15-17-36)50-53-39-25-32(6)38(26-42(39)63-9)52-51-37-18-13-31(5)24-40(37)57(61)62/h13-18,24-26,28-30,41,44H,7,10-12,22-23,27H2,1-6,8-9H3,(H,48,58)(H,49,59,60). The van der Waals surface area contributed by atoms with Crippen molar-refractivity contribution in [1.29, 1.82) is 5.26 Å². The molecule has 1 aromatic heterocycles. The Hall–Kier alpha value is -7.09. The molecule has 1 aliphatic heterocycles. The Kier molecular flexibility index (Phi) is 18.2. The first-order chi connectivity index (χ1) is 32.0. The van der Waals surface area contributed by atoms with Crippen molar-refractivity contribution < 1.29 is 28.2 Å². The van der Waals surface area contributed by atoms with Gasteiger partial charge >= 0.3 is 5.69 Å². The van der Waals surface area contributed by atoms with Crippen LogP contribution in [0.5, 0.6) is 5.75 Å². The van der Waals surface area contributed by atoms with E-state index in [0.717, 1.165) is 11.3 Å². The SMILES string of the molecule is C=C1OC(n2cc(C#CNC(=O)CCCN(C)c3ccc(N=Nc4cc(C)c(N=Nc5ccc(C)cc5[N+](=O)[O-])cc4OC)cc3)c(=O)[nH]c2=O)CC1OP(OCCC#N)N(C(C)C)C(C)C. The Morgan fingerprint density at radius 3 is 2.43 bits per heavy atom. The van der Waals surface area contributed by atoms with Gasteiger partial charge in [0.1, 0.15) is 28.9 Å². The lowest BCUT2D eigenvalue weighted by atomic mass is 10.1. The van der Waals surface area contributed by atoms with Crippen LogP contribution in [-0.4, -0.2) is 70.5 Å². The van der Waals surface area contributed by atoms with E-state index in [1.165, 1.54) is 23.9 Å². The van der Waals surface area contributed by atoms with Gasteiger partial charge in [-0.15, -0.1) is 15.3 Å². The van der Waals surface area contributed by atoms with Gasteiger partial charge in [-0.05, 0) is 101 Å². The quantitative estimate of drug-likeness (QED) is 0.0160. The van der Waals surface area contributed by atoms with Crippen molar-refractivity contribution in [1.82, 2.24) is 19.5 Å². The number of carbonyl (C=O) groups is 1. The topological polar surface area (TPSA) is 244 Å². The molecule has 352 valence electrons. The van der Waals surface area contributed by atoms with Crippen LogP contribution in [0, 0.1) is 47.3 Å². The third kappa shape index (κ3) is 14.0. The summed E-state index contributed by atoms with van der Waals surface area (Å²) in [4.78, 5) is 53.5. The summed E-state index contributed by atoms with van der Waals surface area (Å²) in [6.07, 6.45) is 0.822. The zero-order chi connectivity index (χ0) is 48.8. The van der Waals surface area contributed by atoms with E-state index in [2.05, 4.69) is 60.0 Å². The highest BCUT2D eigenvalue weighted by molar-refractivity contribution is 7.44. The Morgan fingerprint density at radius 1 is 1.06 bits per heavy atom. The lowest BCUT2D eigenvalue weighted by molar-refractivity contribution is -0.384. The number of hydrogen-bond donors (Lipinski definition) is 2. The molecule has 1 fully saturated rings. The molecule has 0 radical (unpaired) electrons. The number of aryl methyl sites for hydroxylation is 2. The van der Waals surface area contributed by atoms with Gasteiger partial charge in [-0.1, -0.05) is 12.6 Å². The molecule has 2 heterocycles.